The van der Waals surface area contributed by atoms with Crippen molar-refractivity contribution >= 4 is 15.9 Å². The van der Waals surface area contributed by atoms with Crippen molar-refractivity contribution in [3.8, 4) is 0 Å². The van der Waals surface area contributed by atoms with Gasteiger partial charge in [-0.25, -0.2) is 8.42 Å². The summed E-state index contributed by atoms with van der Waals surface area (Å²) in [4.78, 5) is 15.3. The molecule has 6 nitrogen and oxygen atoms in total. The Morgan fingerprint density at radius 1 is 0.839 bits per heavy atom. The molecule has 7 heteroatoms. The first kappa shape index (κ1) is 22.0. The second-order valence-corrected chi connectivity index (χ2v) is 10.4. The van der Waals surface area contributed by atoms with E-state index in [0.717, 1.165) is 44.5 Å². The second kappa shape index (κ2) is 9.94. The first-order valence-electron chi connectivity index (χ1n) is 11.2. The molecule has 0 aromatic heterocycles. The summed E-state index contributed by atoms with van der Waals surface area (Å²) in [5, 5.41) is 2.93. The minimum absolute atomic E-state index is 0.190. The summed E-state index contributed by atoms with van der Waals surface area (Å²) in [7, 11) is -3.55. The summed E-state index contributed by atoms with van der Waals surface area (Å²) >= 11 is 0. The normalized spacial score (nSPS) is 18.2. The van der Waals surface area contributed by atoms with Crippen LogP contribution in [0.4, 0.5) is 0 Å². The molecule has 0 atom stereocenters. The molecular formula is C24H31N3O3S. The van der Waals surface area contributed by atoms with E-state index in [1.54, 1.807) is 18.2 Å². The van der Waals surface area contributed by atoms with Crippen LogP contribution in [0.2, 0.25) is 0 Å². The molecule has 2 fully saturated rings. The number of carbonyl (C=O) groups excluding carboxylic acids is 1. The van der Waals surface area contributed by atoms with Crippen molar-refractivity contribution in [1.82, 2.24) is 14.5 Å². The van der Waals surface area contributed by atoms with Crippen molar-refractivity contribution in [2.24, 2.45) is 0 Å². The van der Waals surface area contributed by atoms with Gasteiger partial charge in [0, 0.05) is 31.7 Å². The smallest absolute Gasteiger partial charge is 0.251 e. The topological polar surface area (TPSA) is 69.7 Å². The highest BCUT2D eigenvalue weighted by Gasteiger charge is 2.26. The monoisotopic (exact) mass is 441 g/mol. The summed E-state index contributed by atoms with van der Waals surface area (Å²) in [5.41, 5.74) is 2.66. The van der Waals surface area contributed by atoms with E-state index < -0.39 is 10.0 Å². The van der Waals surface area contributed by atoms with Crippen LogP contribution in [0.3, 0.4) is 0 Å². The van der Waals surface area contributed by atoms with Crippen molar-refractivity contribution in [3.63, 3.8) is 0 Å². The first-order valence-corrected chi connectivity index (χ1v) is 12.6. The number of nitrogens with zero attached hydrogens (tertiary/aromatic N) is 2. The molecule has 0 saturated carbocycles. The minimum Gasteiger partial charge on any atom is -0.348 e. The van der Waals surface area contributed by atoms with Crippen molar-refractivity contribution < 1.29 is 13.2 Å². The van der Waals surface area contributed by atoms with Crippen LogP contribution in [0.15, 0.2) is 53.4 Å². The van der Waals surface area contributed by atoms with Crippen molar-refractivity contribution in [2.45, 2.75) is 50.1 Å². The van der Waals surface area contributed by atoms with Crippen LogP contribution in [-0.4, -0.2) is 49.7 Å². The number of rotatable bonds is 7. The van der Waals surface area contributed by atoms with Gasteiger partial charge in [0.2, 0.25) is 10.0 Å². The van der Waals surface area contributed by atoms with Gasteiger partial charge in [-0.2, -0.15) is 4.31 Å². The summed E-state index contributed by atoms with van der Waals surface area (Å²) in [6, 6.07) is 14.7. The molecule has 2 aromatic carbocycles. The third kappa shape index (κ3) is 5.53. The van der Waals surface area contributed by atoms with E-state index in [-0.39, 0.29) is 10.8 Å². The van der Waals surface area contributed by atoms with Gasteiger partial charge in [-0.1, -0.05) is 36.8 Å². The molecule has 0 radical (unpaired) electrons. The molecule has 0 spiro atoms. The third-order valence-corrected chi connectivity index (χ3v) is 7.99. The Bertz CT molecular complexity index is 1010. The van der Waals surface area contributed by atoms with Crippen LogP contribution in [0.5, 0.6) is 0 Å². The Labute approximate surface area is 185 Å². The molecule has 2 heterocycles. The minimum atomic E-state index is -3.55. The summed E-state index contributed by atoms with van der Waals surface area (Å²) < 4.78 is 27.3. The van der Waals surface area contributed by atoms with E-state index in [9.17, 15) is 13.2 Å². The highest BCUT2D eigenvalue weighted by molar-refractivity contribution is 7.89. The zero-order valence-electron chi connectivity index (χ0n) is 17.9. The second-order valence-electron chi connectivity index (χ2n) is 8.48. The van der Waals surface area contributed by atoms with Gasteiger partial charge >= 0.3 is 0 Å². The maximum absolute atomic E-state index is 12.9. The highest BCUT2D eigenvalue weighted by Crippen LogP contribution is 2.21. The predicted molar refractivity (Wildman–Crippen MR) is 121 cm³/mol. The Kier molecular flexibility index (Phi) is 7.05. The van der Waals surface area contributed by atoms with Crippen LogP contribution in [0.25, 0.3) is 0 Å². The summed E-state index contributed by atoms with van der Waals surface area (Å²) in [6.07, 6.45) is 5.37. The van der Waals surface area contributed by atoms with E-state index in [4.69, 9.17) is 0 Å². The molecule has 2 saturated heterocycles. The summed E-state index contributed by atoms with van der Waals surface area (Å²) in [6.45, 7) is 4.75. The van der Waals surface area contributed by atoms with Crippen molar-refractivity contribution in [1.29, 1.82) is 0 Å². The first-order chi connectivity index (χ1) is 15.0. The zero-order valence-corrected chi connectivity index (χ0v) is 18.7. The maximum atomic E-state index is 12.9. The van der Waals surface area contributed by atoms with Crippen LogP contribution in [0.1, 0.15) is 53.6 Å². The standard InChI is InChI=1S/C24H31N3O3S/c28-24(25-18-20-8-6-9-21(16-20)19-26-12-4-5-13-26)22-10-7-11-23(17-22)31(29,30)27-14-2-1-3-15-27/h6-11,16-17H,1-5,12-15,18-19H2,(H,25,28). The van der Waals surface area contributed by atoms with Gasteiger partial charge in [-0.05, 0) is 68.1 Å². The Morgan fingerprint density at radius 3 is 2.29 bits per heavy atom. The lowest BCUT2D eigenvalue weighted by Crippen LogP contribution is -2.35. The largest absolute Gasteiger partial charge is 0.348 e. The number of likely N-dealkylation sites (tertiary alicyclic amines) is 1. The quantitative estimate of drug-likeness (QED) is 0.715. The molecular weight excluding hydrogens is 410 g/mol. The van der Waals surface area contributed by atoms with E-state index >= 15 is 0 Å². The Hall–Kier alpha value is -2.22. The van der Waals surface area contributed by atoms with Crippen LogP contribution < -0.4 is 5.32 Å². The fraction of sp³-hybridized carbons (Fsp3) is 0.458. The lowest BCUT2D eigenvalue weighted by atomic mass is 10.1. The molecule has 0 bridgehead atoms. The third-order valence-electron chi connectivity index (χ3n) is 6.10. The number of hydrogen-bond donors (Lipinski definition) is 1. The van der Waals surface area contributed by atoms with Crippen LogP contribution in [-0.2, 0) is 23.1 Å². The molecule has 2 aliphatic rings. The number of piperidine rings is 1. The zero-order chi connectivity index (χ0) is 21.7. The number of carbonyl (C=O) groups is 1. The Morgan fingerprint density at radius 2 is 1.52 bits per heavy atom. The maximum Gasteiger partial charge on any atom is 0.251 e. The summed E-state index contributed by atoms with van der Waals surface area (Å²) in [5.74, 6) is -0.263. The highest BCUT2D eigenvalue weighted by atomic mass is 32.2. The van der Waals surface area contributed by atoms with Gasteiger partial charge in [-0.3, -0.25) is 9.69 Å². The average Bonchev–Trinajstić information content (AvgIpc) is 3.31. The van der Waals surface area contributed by atoms with Gasteiger partial charge in [0.05, 0.1) is 4.90 Å². The molecule has 0 unspecified atom stereocenters. The lowest BCUT2D eigenvalue weighted by Gasteiger charge is -2.26. The van der Waals surface area contributed by atoms with Crippen LogP contribution in [0, 0.1) is 0 Å². The fourth-order valence-electron chi connectivity index (χ4n) is 4.37. The van der Waals surface area contributed by atoms with Gasteiger partial charge in [0.1, 0.15) is 0 Å². The van der Waals surface area contributed by atoms with Crippen molar-refractivity contribution in [3.05, 3.63) is 65.2 Å². The molecule has 2 aromatic rings. The average molecular weight is 442 g/mol. The molecule has 31 heavy (non-hydrogen) atoms. The van der Waals surface area contributed by atoms with E-state index in [1.807, 2.05) is 12.1 Å². The lowest BCUT2D eigenvalue weighted by molar-refractivity contribution is 0.0950. The van der Waals surface area contributed by atoms with Gasteiger partial charge in [0.15, 0.2) is 0 Å². The predicted octanol–water partition coefficient (Wildman–Crippen LogP) is 3.39. The van der Waals surface area contributed by atoms with E-state index in [0.29, 0.717) is 25.2 Å². The molecule has 166 valence electrons. The fourth-order valence-corrected chi connectivity index (χ4v) is 5.94. The van der Waals surface area contributed by atoms with Crippen LogP contribution >= 0.6 is 0 Å². The number of hydrogen-bond acceptors (Lipinski definition) is 4. The van der Waals surface area contributed by atoms with Gasteiger partial charge < -0.3 is 5.32 Å². The van der Waals surface area contributed by atoms with Crippen molar-refractivity contribution in [2.75, 3.05) is 26.2 Å². The molecule has 4 rings (SSSR count). The molecule has 1 amide bonds. The molecule has 1 N–H and O–H groups in total. The Balaban J connectivity index is 1.39. The van der Waals surface area contributed by atoms with E-state index in [2.05, 4.69) is 22.3 Å². The number of amides is 1. The molecule has 0 aliphatic carbocycles. The molecule has 2 aliphatic heterocycles. The number of sulfonamides is 1. The van der Waals surface area contributed by atoms with Gasteiger partial charge in [0.25, 0.3) is 5.91 Å². The SMILES string of the molecule is O=C(NCc1cccc(CN2CCCC2)c1)c1cccc(S(=O)(=O)N2CCCCC2)c1. The van der Waals surface area contributed by atoms with E-state index in [1.165, 1.54) is 28.8 Å². The van der Waals surface area contributed by atoms with Gasteiger partial charge in [-0.15, -0.1) is 0 Å². The number of nitrogens with one attached hydrogen (secondary N) is 1. The number of benzene rings is 2.